The number of carbonyl (C=O) groups excluding carboxylic acids is 1. The zero-order valence-corrected chi connectivity index (χ0v) is 13.9. The van der Waals surface area contributed by atoms with Crippen LogP contribution >= 0.6 is 11.3 Å². The number of likely N-dealkylation sites (tertiary alicyclic amines) is 1. The molecule has 1 saturated heterocycles. The Morgan fingerprint density at radius 1 is 1.21 bits per heavy atom. The molecule has 0 bridgehead atoms. The van der Waals surface area contributed by atoms with Crippen LogP contribution in [0.1, 0.15) is 34.5 Å². The second kappa shape index (κ2) is 6.57. The minimum Gasteiger partial charge on any atom is -0.338 e. The van der Waals surface area contributed by atoms with Crippen LogP contribution in [0, 0.1) is 0 Å². The summed E-state index contributed by atoms with van der Waals surface area (Å²) in [5.41, 5.74) is 1.13. The van der Waals surface area contributed by atoms with Gasteiger partial charge in [0.25, 0.3) is 0 Å². The van der Waals surface area contributed by atoms with Gasteiger partial charge in [0.2, 0.25) is 11.8 Å². The molecule has 0 N–H and O–H groups in total. The zero-order chi connectivity index (χ0) is 16.4. The highest BCUT2D eigenvalue weighted by molar-refractivity contribution is 7.09. The minimum atomic E-state index is -0.307. The third kappa shape index (κ3) is 3.10. The van der Waals surface area contributed by atoms with Gasteiger partial charge >= 0.3 is 0 Å². The molecule has 0 aliphatic carbocycles. The van der Waals surface area contributed by atoms with Crippen molar-refractivity contribution in [2.45, 2.75) is 25.3 Å². The van der Waals surface area contributed by atoms with E-state index in [2.05, 4.69) is 10.1 Å². The lowest BCUT2D eigenvalue weighted by atomic mass is 10.1. The molecular formula is C18H17N3O2S. The molecule has 1 atom stereocenters. The fourth-order valence-electron chi connectivity index (χ4n) is 2.98. The molecular weight excluding hydrogens is 322 g/mol. The molecule has 6 heteroatoms. The summed E-state index contributed by atoms with van der Waals surface area (Å²) in [5.74, 6) is 0.854. The van der Waals surface area contributed by atoms with Gasteiger partial charge < -0.3 is 9.42 Å². The minimum absolute atomic E-state index is 0.0742. The largest absolute Gasteiger partial charge is 0.338 e. The molecule has 0 spiro atoms. The van der Waals surface area contributed by atoms with E-state index in [1.807, 2.05) is 52.7 Å². The van der Waals surface area contributed by atoms with Crippen LogP contribution in [0.15, 0.2) is 52.4 Å². The average Bonchev–Trinajstić information content (AvgIpc) is 3.33. The predicted octanol–water partition coefficient (Wildman–Crippen LogP) is 3.24. The first-order valence-corrected chi connectivity index (χ1v) is 8.85. The van der Waals surface area contributed by atoms with E-state index in [-0.39, 0.29) is 11.8 Å². The van der Waals surface area contributed by atoms with Crippen LogP contribution in [0.5, 0.6) is 0 Å². The first-order valence-electron chi connectivity index (χ1n) is 7.97. The summed E-state index contributed by atoms with van der Waals surface area (Å²) in [7, 11) is 0. The van der Waals surface area contributed by atoms with E-state index in [0.29, 0.717) is 24.7 Å². The molecule has 1 aromatic carbocycles. The van der Waals surface area contributed by atoms with E-state index in [0.717, 1.165) is 18.5 Å². The van der Waals surface area contributed by atoms with Gasteiger partial charge in [0, 0.05) is 24.4 Å². The Morgan fingerprint density at radius 2 is 2.08 bits per heavy atom. The molecule has 1 aliphatic heterocycles. The smallest absolute Gasteiger partial charge is 0.239 e. The third-order valence-corrected chi connectivity index (χ3v) is 5.08. The van der Waals surface area contributed by atoms with E-state index in [4.69, 9.17) is 4.52 Å². The number of hydrogen-bond acceptors (Lipinski definition) is 5. The van der Waals surface area contributed by atoms with E-state index in [1.165, 1.54) is 4.88 Å². The molecule has 3 heterocycles. The molecule has 5 nitrogen and oxygen atoms in total. The van der Waals surface area contributed by atoms with Crippen LogP contribution in [-0.4, -0.2) is 27.5 Å². The van der Waals surface area contributed by atoms with Crippen molar-refractivity contribution < 1.29 is 9.32 Å². The number of carbonyl (C=O) groups is 1. The normalized spacial score (nSPS) is 17.6. The quantitative estimate of drug-likeness (QED) is 0.716. The van der Waals surface area contributed by atoms with Crippen molar-refractivity contribution in [3.05, 3.63) is 70.0 Å². The summed E-state index contributed by atoms with van der Waals surface area (Å²) < 4.78 is 5.36. The molecule has 1 fully saturated rings. The Labute approximate surface area is 143 Å². The molecule has 1 unspecified atom stereocenters. The molecule has 0 saturated carbocycles. The molecule has 1 aliphatic rings. The second-order valence-corrected chi connectivity index (χ2v) is 6.92. The summed E-state index contributed by atoms with van der Waals surface area (Å²) in [6.45, 7) is 1.35. The monoisotopic (exact) mass is 339 g/mol. The van der Waals surface area contributed by atoms with Gasteiger partial charge in [-0.25, -0.2) is 0 Å². The van der Waals surface area contributed by atoms with Gasteiger partial charge in [-0.2, -0.15) is 4.98 Å². The van der Waals surface area contributed by atoms with Crippen molar-refractivity contribution in [2.24, 2.45) is 0 Å². The van der Waals surface area contributed by atoms with Gasteiger partial charge in [0.05, 0.1) is 0 Å². The Morgan fingerprint density at radius 3 is 2.88 bits per heavy atom. The second-order valence-electron chi connectivity index (χ2n) is 5.89. The number of amides is 1. The number of nitrogens with zero attached hydrogens (tertiary/aromatic N) is 3. The average molecular weight is 339 g/mol. The van der Waals surface area contributed by atoms with Crippen LogP contribution < -0.4 is 0 Å². The van der Waals surface area contributed by atoms with Crippen LogP contribution in [0.2, 0.25) is 0 Å². The maximum Gasteiger partial charge on any atom is 0.239 e. The van der Waals surface area contributed by atoms with Crippen molar-refractivity contribution in [1.29, 1.82) is 0 Å². The lowest BCUT2D eigenvalue weighted by Gasteiger charge is -2.15. The maximum absolute atomic E-state index is 12.6. The highest BCUT2D eigenvalue weighted by atomic mass is 32.1. The van der Waals surface area contributed by atoms with Gasteiger partial charge in [-0.05, 0) is 23.4 Å². The fourth-order valence-corrected chi connectivity index (χ4v) is 3.68. The van der Waals surface area contributed by atoms with Crippen molar-refractivity contribution >= 4 is 17.2 Å². The Kier molecular flexibility index (Phi) is 4.13. The highest BCUT2D eigenvalue weighted by Crippen LogP contribution is 2.29. The summed E-state index contributed by atoms with van der Waals surface area (Å²) >= 11 is 1.66. The molecule has 2 aromatic heterocycles. The van der Waals surface area contributed by atoms with E-state index in [1.54, 1.807) is 11.3 Å². The standard InChI is InChI=1S/C18H17N3O2S/c22-18-15(8-9-21(18)12-13-5-2-1-3-6-13)17-19-16(20-23-17)11-14-7-4-10-24-14/h1-7,10,15H,8-9,11-12H2. The SMILES string of the molecule is O=C1C(c2nc(Cc3cccs3)no2)CCN1Cc1ccccc1. The van der Waals surface area contributed by atoms with E-state index >= 15 is 0 Å². The third-order valence-electron chi connectivity index (χ3n) is 4.21. The van der Waals surface area contributed by atoms with Crippen LogP contribution in [0.4, 0.5) is 0 Å². The topological polar surface area (TPSA) is 59.2 Å². The first kappa shape index (κ1) is 15.1. The first-order chi connectivity index (χ1) is 11.8. The zero-order valence-electron chi connectivity index (χ0n) is 13.1. The molecule has 4 rings (SSSR count). The van der Waals surface area contributed by atoms with Crippen LogP contribution in [0.3, 0.4) is 0 Å². The Hall–Kier alpha value is -2.47. The van der Waals surface area contributed by atoms with Gasteiger partial charge in [0.15, 0.2) is 5.82 Å². The van der Waals surface area contributed by atoms with Gasteiger partial charge in [-0.15, -0.1) is 11.3 Å². The molecule has 1 amide bonds. The lowest BCUT2D eigenvalue weighted by Crippen LogP contribution is -2.26. The van der Waals surface area contributed by atoms with Crippen LogP contribution in [-0.2, 0) is 17.8 Å². The van der Waals surface area contributed by atoms with Crippen molar-refractivity contribution in [3.8, 4) is 0 Å². The number of rotatable bonds is 5. The summed E-state index contributed by atoms with van der Waals surface area (Å²) in [5, 5.41) is 6.06. The fraction of sp³-hybridized carbons (Fsp3) is 0.278. The van der Waals surface area contributed by atoms with Crippen molar-refractivity contribution in [3.63, 3.8) is 0 Å². The van der Waals surface area contributed by atoms with Crippen molar-refractivity contribution in [1.82, 2.24) is 15.0 Å². The molecule has 24 heavy (non-hydrogen) atoms. The van der Waals surface area contributed by atoms with Crippen molar-refractivity contribution in [2.75, 3.05) is 6.54 Å². The van der Waals surface area contributed by atoms with Gasteiger partial charge in [-0.1, -0.05) is 41.6 Å². The number of benzene rings is 1. The Bertz CT molecular complexity index is 814. The van der Waals surface area contributed by atoms with E-state index in [9.17, 15) is 4.79 Å². The number of aromatic nitrogens is 2. The molecule has 0 radical (unpaired) electrons. The van der Waals surface area contributed by atoms with E-state index < -0.39 is 0 Å². The molecule has 3 aromatic rings. The number of hydrogen-bond donors (Lipinski definition) is 0. The lowest BCUT2D eigenvalue weighted by molar-refractivity contribution is -0.129. The van der Waals surface area contributed by atoms with Crippen LogP contribution in [0.25, 0.3) is 0 Å². The summed E-state index contributed by atoms with van der Waals surface area (Å²) in [4.78, 5) is 20.1. The maximum atomic E-state index is 12.6. The summed E-state index contributed by atoms with van der Waals surface area (Å²) in [6.07, 6.45) is 1.38. The Balaban J connectivity index is 1.44. The highest BCUT2D eigenvalue weighted by Gasteiger charge is 2.36. The van der Waals surface area contributed by atoms with Gasteiger partial charge in [0.1, 0.15) is 5.92 Å². The number of thiophene rings is 1. The predicted molar refractivity (Wildman–Crippen MR) is 90.6 cm³/mol. The summed E-state index contributed by atoms with van der Waals surface area (Å²) in [6, 6.07) is 14.1. The van der Waals surface area contributed by atoms with Gasteiger partial charge in [-0.3, -0.25) is 4.79 Å². The molecule has 122 valence electrons.